The Balaban J connectivity index is 1.88. The van der Waals surface area contributed by atoms with Crippen LogP contribution in [-0.4, -0.2) is 19.3 Å². The van der Waals surface area contributed by atoms with Crippen molar-refractivity contribution in [3.63, 3.8) is 0 Å². The molecule has 17 heavy (non-hydrogen) atoms. The molecule has 1 aromatic rings. The Labute approximate surface area is 104 Å². The molecule has 3 heteroatoms. The number of furan rings is 1. The molecule has 3 unspecified atom stereocenters. The quantitative estimate of drug-likeness (QED) is 0.874. The molecule has 0 aromatic carbocycles. The highest BCUT2D eigenvalue weighted by Gasteiger charge is 2.24. The minimum atomic E-state index is 0.347. The normalized spacial score (nSPS) is 26.4. The lowest BCUT2D eigenvalue weighted by Crippen LogP contribution is -2.29. The Kier molecular flexibility index (Phi) is 3.89. The molecule has 0 spiro atoms. The van der Waals surface area contributed by atoms with E-state index in [0.717, 1.165) is 24.7 Å². The predicted molar refractivity (Wildman–Crippen MR) is 68.1 cm³/mol. The number of hydrogen-bond acceptors (Lipinski definition) is 3. The Morgan fingerprint density at radius 2 is 2.24 bits per heavy atom. The van der Waals surface area contributed by atoms with E-state index < -0.39 is 0 Å². The van der Waals surface area contributed by atoms with Gasteiger partial charge < -0.3 is 14.5 Å². The van der Waals surface area contributed by atoms with Crippen molar-refractivity contribution in [1.82, 2.24) is 5.32 Å². The van der Waals surface area contributed by atoms with E-state index in [1.54, 1.807) is 0 Å². The second-order valence-electron chi connectivity index (χ2n) is 5.12. The summed E-state index contributed by atoms with van der Waals surface area (Å²) in [5.74, 6) is 2.66. The van der Waals surface area contributed by atoms with Crippen LogP contribution in [0.5, 0.6) is 0 Å². The van der Waals surface area contributed by atoms with Gasteiger partial charge in [0.2, 0.25) is 0 Å². The zero-order valence-corrected chi connectivity index (χ0v) is 11.2. The van der Waals surface area contributed by atoms with E-state index in [4.69, 9.17) is 9.15 Å². The summed E-state index contributed by atoms with van der Waals surface area (Å²) in [5.41, 5.74) is 1.27. The molecule has 0 bridgehead atoms. The number of hydrogen-bond donors (Lipinski definition) is 1. The van der Waals surface area contributed by atoms with Crippen LogP contribution in [0.2, 0.25) is 0 Å². The van der Waals surface area contributed by atoms with Crippen molar-refractivity contribution in [2.24, 2.45) is 5.92 Å². The number of ether oxygens (including phenoxy) is 1. The zero-order chi connectivity index (χ0) is 12.4. The van der Waals surface area contributed by atoms with Gasteiger partial charge in [0.05, 0.1) is 6.10 Å². The molecule has 1 aliphatic heterocycles. The van der Waals surface area contributed by atoms with Crippen molar-refractivity contribution >= 4 is 0 Å². The lowest BCUT2D eigenvalue weighted by Gasteiger charge is -2.18. The molecular formula is C14H23NO2. The fourth-order valence-electron chi connectivity index (χ4n) is 2.56. The first kappa shape index (κ1) is 12.7. The number of rotatable bonds is 4. The lowest BCUT2D eigenvalue weighted by molar-refractivity contribution is 0.105. The molecule has 1 aliphatic rings. The summed E-state index contributed by atoms with van der Waals surface area (Å²) in [5, 5.41) is 3.59. The maximum absolute atomic E-state index is 5.57. The van der Waals surface area contributed by atoms with Gasteiger partial charge in [0, 0.05) is 24.8 Å². The number of aryl methyl sites for hydroxylation is 2. The van der Waals surface area contributed by atoms with Gasteiger partial charge in [0.15, 0.2) is 0 Å². The molecule has 0 saturated carbocycles. The highest BCUT2D eigenvalue weighted by atomic mass is 16.5. The molecule has 96 valence electrons. The largest absolute Gasteiger partial charge is 0.466 e. The molecule has 3 atom stereocenters. The third-order valence-electron chi connectivity index (χ3n) is 3.77. The first-order valence-corrected chi connectivity index (χ1v) is 6.50. The Bertz CT molecular complexity index is 372. The molecule has 1 saturated heterocycles. The van der Waals surface area contributed by atoms with Crippen LogP contribution in [0.1, 0.15) is 43.4 Å². The van der Waals surface area contributed by atoms with Crippen LogP contribution in [0, 0.1) is 19.8 Å². The van der Waals surface area contributed by atoms with Gasteiger partial charge in [-0.25, -0.2) is 0 Å². The minimum Gasteiger partial charge on any atom is -0.466 e. The van der Waals surface area contributed by atoms with Gasteiger partial charge >= 0.3 is 0 Å². The second kappa shape index (κ2) is 5.23. The molecule has 1 aromatic heterocycles. The highest BCUT2D eigenvalue weighted by molar-refractivity contribution is 5.23. The Hall–Kier alpha value is -0.800. The molecule has 1 fully saturated rings. The standard InChI is InChI=1S/C14H23NO2/c1-9-7-14(12(4)17-9)10(2)15-8-13-5-6-16-11(13)3/h7,10-11,13,15H,5-6,8H2,1-4H3. The van der Waals surface area contributed by atoms with E-state index in [2.05, 4.69) is 25.2 Å². The lowest BCUT2D eigenvalue weighted by atomic mass is 10.0. The fourth-order valence-corrected chi connectivity index (χ4v) is 2.56. The molecular weight excluding hydrogens is 214 g/mol. The van der Waals surface area contributed by atoms with E-state index in [-0.39, 0.29) is 0 Å². The average molecular weight is 237 g/mol. The zero-order valence-electron chi connectivity index (χ0n) is 11.2. The van der Waals surface area contributed by atoms with E-state index in [0.29, 0.717) is 18.1 Å². The topological polar surface area (TPSA) is 34.4 Å². The summed E-state index contributed by atoms with van der Waals surface area (Å²) in [7, 11) is 0. The van der Waals surface area contributed by atoms with Crippen molar-refractivity contribution in [3.8, 4) is 0 Å². The van der Waals surface area contributed by atoms with Crippen LogP contribution in [0.3, 0.4) is 0 Å². The monoisotopic (exact) mass is 237 g/mol. The third-order valence-corrected chi connectivity index (χ3v) is 3.77. The van der Waals surface area contributed by atoms with Crippen molar-refractivity contribution < 1.29 is 9.15 Å². The van der Waals surface area contributed by atoms with Gasteiger partial charge in [-0.05, 0) is 46.1 Å². The summed E-state index contributed by atoms with van der Waals surface area (Å²) in [6, 6.07) is 2.47. The fraction of sp³-hybridized carbons (Fsp3) is 0.714. The van der Waals surface area contributed by atoms with Crippen molar-refractivity contribution in [3.05, 3.63) is 23.2 Å². The molecule has 0 radical (unpaired) electrons. The predicted octanol–water partition coefficient (Wildman–Crippen LogP) is 2.97. The van der Waals surface area contributed by atoms with Gasteiger partial charge in [-0.3, -0.25) is 0 Å². The summed E-state index contributed by atoms with van der Waals surface area (Å²) in [6.45, 7) is 10.3. The smallest absolute Gasteiger partial charge is 0.105 e. The SMILES string of the molecule is Cc1cc(C(C)NCC2CCOC2C)c(C)o1. The van der Waals surface area contributed by atoms with E-state index in [1.807, 2.05) is 13.8 Å². The van der Waals surface area contributed by atoms with Crippen LogP contribution >= 0.6 is 0 Å². The minimum absolute atomic E-state index is 0.347. The van der Waals surface area contributed by atoms with Crippen LogP contribution in [-0.2, 0) is 4.74 Å². The third kappa shape index (κ3) is 2.90. The van der Waals surface area contributed by atoms with Crippen LogP contribution in [0.15, 0.2) is 10.5 Å². The molecule has 0 aliphatic carbocycles. The van der Waals surface area contributed by atoms with Gasteiger partial charge in [-0.15, -0.1) is 0 Å². The maximum Gasteiger partial charge on any atom is 0.105 e. The van der Waals surface area contributed by atoms with Gasteiger partial charge in [0.1, 0.15) is 11.5 Å². The molecule has 0 amide bonds. The first-order valence-electron chi connectivity index (χ1n) is 6.50. The average Bonchev–Trinajstić information content (AvgIpc) is 2.81. The summed E-state index contributed by atoms with van der Waals surface area (Å²) in [6.07, 6.45) is 1.56. The van der Waals surface area contributed by atoms with Crippen molar-refractivity contribution in [2.45, 2.75) is 46.3 Å². The molecule has 1 N–H and O–H groups in total. The molecule has 3 nitrogen and oxygen atoms in total. The van der Waals surface area contributed by atoms with E-state index in [1.165, 1.54) is 12.0 Å². The van der Waals surface area contributed by atoms with Gasteiger partial charge in [-0.1, -0.05) is 0 Å². The highest BCUT2D eigenvalue weighted by Crippen LogP contribution is 2.23. The van der Waals surface area contributed by atoms with Gasteiger partial charge in [-0.2, -0.15) is 0 Å². The van der Waals surface area contributed by atoms with Crippen molar-refractivity contribution in [2.75, 3.05) is 13.2 Å². The molecule has 2 rings (SSSR count). The van der Waals surface area contributed by atoms with E-state index in [9.17, 15) is 0 Å². The Morgan fingerprint density at radius 1 is 1.47 bits per heavy atom. The summed E-state index contributed by atoms with van der Waals surface area (Å²) in [4.78, 5) is 0. The Morgan fingerprint density at radius 3 is 2.76 bits per heavy atom. The van der Waals surface area contributed by atoms with Crippen molar-refractivity contribution in [1.29, 1.82) is 0 Å². The first-order chi connectivity index (χ1) is 8.08. The van der Waals surface area contributed by atoms with E-state index >= 15 is 0 Å². The second-order valence-corrected chi connectivity index (χ2v) is 5.12. The molecule has 2 heterocycles. The van der Waals surface area contributed by atoms with Crippen LogP contribution in [0.4, 0.5) is 0 Å². The summed E-state index contributed by atoms with van der Waals surface area (Å²) < 4.78 is 11.1. The maximum atomic E-state index is 5.57. The number of nitrogens with one attached hydrogen (secondary N) is 1. The van der Waals surface area contributed by atoms with Crippen LogP contribution in [0.25, 0.3) is 0 Å². The van der Waals surface area contributed by atoms with Gasteiger partial charge in [0.25, 0.3) is 0 Å². The summed E-state index contributed by atoms with van der Waals surface area (Å²) >= 11 is 0. The van der Waals surface area contributed by atoms with Crippen LogP contribution < -0.4 is 5.32 Å².